The molecule has 2 atom stereocenters. The van der Waals surface area contributed by atoms with E-state index < -0.39 is 0 Å². The molecule has 0 heterocycles. The van der Waals surface area contributed by atoms with E-state index in [1.807, 2.05) is 13.8 Å². The zero-order valence-corrected chi connectivity index (χ0v) is 12.3. The van der Waals surface area contributed by atoms with E-state index in [2.05, 4.69) is 13.2 Å². The number of carbonyl (C=O) groups excluding carboxylic acids is 2. The molecule has 0 spiro atoms. The Kier molecular flexibility index (Phi) is 6.49. The van der Waals surface area contributed by atoms with E-state index in [4.69, 9.17) is 9.47 Å². The lowest BCUT2D eigenvalue weighted by Gasteiger charge is -2.34. The normalized spacial score (nSPS) is 25.1. The maximum absolute atomic E-state index is 11.2. The highest BCUT2D eigenvalue weighted by Crippen LogP contribution is 2.34. The molecule has 0 bridgehead atoms. The summed E-state index contributed by atoms with van der Waals surface area (Å²) in [6, 6.07) is 0. The van der Waals surface area contributed by atoms with Crippen LogP contribution in [0.1, 0.15) is 39.5 Å². The molecule has 0 amide bonds. The molecule has 2 unspecified atom stereocenters. The molecule has 1 aliphatic carbocycles. The predicted molar refractivity (Wildman–Crippen MR) is 77.0 cm³/mol. The van der Waals surface area contributed by atoms with Gasteiger partial charge in [-0.1, -0.05) is 13.2 Å². The molecule has 0 radical (unpaired) electrons. The van der Waals surface area contributed by atoms with Crippen LogP contribution in [0, 0.1) is 11.8 Å². The fourth-order valence-corrected chi connectivity index (χ4v) is 2.74. The zero-order chi connectivity index (χ0) is 15.1. The highest BCUT2D eigenvalue weighted by Gasteiger charge is 2.30. The molecule has 1 fully saturated rings. The van der Waals surface area contributed by atoms with Gasteiger partial charge < -0.3 is 9.47 Å². The second-order valence-electron chi connectivity index (χ2n) is 5.37. The third kappa shape index (κ3) is 4.83. The average molecular weight is 280 g/mol. The van der Waals surface area contributed by atoms with Gasteiger partial charge in [-0.15, -0.1) is 0 Å². The van der Waals surface area contributed by atoms with Crippen LogP contribution >= 0.6 is 0 Å². The van der Waals surface area contributed by atoms with Crippen molar-refractivity contribution in [2.24, 2.45) is 11.8 Å². The standard InChI is InChI=1S/C16H24O4/c1-5-15(17)19-11(3)13-7-9-14(10-8-13)12(4)20-16(18)6-2/h5-6,11-14H,1-2,7-10H2,3-4H3. The molecule has 1 aliphatic rings. The fraction of sp³-hybridized carbons (Fsp3) is 0.625. The van der Waals surface area contributed by atoms with Crippen molar-refractivity contribution in [3.63, 3.8) is 0 Å². The molecular weight excluding hydrogens is 256 g/mol. The summed E-state index contributed by atoms with van der Waals surface area (Å²) in [6.45, 7) is 10.6. The number of hydrogen-bond donors (Lipinski definition) is 0. The summed E-state index contributed by atoms with van der Waals surface area (Å²) in [6.07, 6.45) is 6.12. The lowest BCUT2D eigenvalue weighted by molar-refractivity contribution is -0.148. The van der Waals surface area contributed by atoms with E-state index in [0.717, 1.165) is 25.7 Å². The van der Waals surface area contributed by atoms with Crippen LogP contribution in [0.4, 0.5) is 0 Å². The van der Waals surface area contributed by atoms with Gasteiger partial charge in [-0.2, -0.15) is 0 Å². The van der Waals surface area contributed by atoms with E-state index in [-0.39, 0.29) is 24.1 Å². The van der Waals surface area contributed by atoms with Crippen LogP contribution < -0.4 is 0 Å². The first-order valence-corrected chi connectivity index (χ1v) is 7.14. The first kappa shape index (κ1) is 16.5. The summed E-state index contributed by atoms with van der Waals surface area (Å²) in [5.74, 6) is 0.00993. The zero-order valence-electron chi connectivity index (χ0n) is 12.3. The fourth-order valence-electron chi connectivity index (χ4n) is 2.74. The van der Waals surface area contributed by atoms with Gasteiger partial charge in [0.15, 0.2) is 0 Å². The van der Waals surface area contributed by atoms with Crippen LogP contribution in [0.5, 0.6) is 0 Å². The first-order valence-electron chi connectivity index (χ1n) is 7.14. The molecule has 0 aromatic rings. The van der Waals surface area contributed by atoms with E-state index in [1.54, 1.807) is 0 Å². The molecule has 0 aromatic carbocycles. The van der Waals surface area contributed by atoms with Gasteiger partial charge in [0.1, 0.15) is 12.2 Å². The van der Waals surface area contributed by atoms with E-state index in [0.29, 0.717) is 11.8 Å². The molecule has 1 saturated carbocycles. The minimum atomic E-state index is -0.368. The molecular formula is C16H24O4. The summed E-state index contributed by atoms with van der Waals surface area (Å²) >= 11 is 0. The summed E-state index contributed by atoms with van der Waals surface area (Å²) in [5, 5.41) is 0. The van der Waals surface area contributed by atoms with Crippen LogP contribution in [0.3, 0.4) is 0 Å². The quantitative estimate of drug-likeness (QED) is 0.554. The largest absolute Gasteiger partial charge is 0.459 e. The van der Waals surface area contributed by atoms with Crippen LogP contribution in [-0.2, 0) is 19.1 Å². The Bertz CT molecular complexity index is 331. The van der Waals surface area contributed by atoms with Crippen LogP contribution in [-0.4, -0.2) is 24.1 Å². The van der Waals surface area contributed by atoms with Gasteiger partial charge in [0.05, 0.1) is 0 Å². The predicted octanol–water partition coefficient (Wildman–Crippen LogP) is 3.03. The second-order valence-corrected chi connectivity index (χ2v) is 5.37. The third-order valence-electron chi connectivity index (χ3n) is 4.08. The third-order valence-corrected chi connectivity index (χ3v) is 4.08. The van der Waals surface area contributed by atoms with Crippen molar-refractivity contribution in [2.45, 2.75) is 51.7 Å². The number of esters is 2. The Labute approximate surface area is 120 Å². The topological polar surface area (TPSA) is 52.6 Å². The van der Waals surface area contributed by atoms with Crippen molar-refractivity contribution >= 4 is 11.9 Å². The summed E-state index contributed by atoms with van der Waals surface area (Å²) in [7, 11) is 0. The molecule has 0 aliphatic heterocycles. The van der Waals surface area contributed by atoms with Crippen molar-refractivity contribution in [2.75, 3.05) is 0 Å². The highest BCUT2D eigenvalue weighted by atomic mass is 16.5. The SMILES string of the molecule is C=CC(=O)OC(C)C1CCC(C(C)OC(=O)C=C)CC1. The van der Waals surface area contributed by atoms with Gasteiger partial charge >= 0.3 is 11.9 Å². The van der Waals surface area contributed by atoms with Gasteiger partial charge in [0.25, 0.3) is 0 Å². The molecule has 0 aromatic heterocycles. The van der Waals surface area contributed by atoms with E-state index >= 15 is 0 Å². The van der Waals surface area contributed by atoms with Gasteiger partial charge in [0.2, 0.25) is 0 Å². The lowest BCUT2D eigenvalue weighted by Crippen LogP contribution is -2.32. The Hall–Kier alpha value is -1.58. The highest BCUT2D eigenvalue weighted by molar-refractivity contribution is 5.81. The van der Waals surface area contributed by atoms with Gasteiger partial charge in [-0.05, 0) is 51.4 Å². The number of ether oxygens (including phenoxy) is 2. The minimum Gasteiger partial charge on any atom is -0.459 e. The molecule has 0 N–H and O–H groups in total. The molecule has 4 heteroatoms. The second kappa shape index (κ2) is 7.88. The maximum atomic E-state index is 11.2. The van der Waals surface area contributed by atoms with E-state index in [9.17, 15) is 9.59 Å². The van der Waals surface area contributed by atoms with Gasteiger partial charge in [-0.3, -0.25) is 0 Å². The summed E-state index contributed by atoms with van der Waals surface area (Å²) in [4.78, 5) is 22.4. The Morgan fingerprint density at radius 3 is 1.45 bits per heavy atom. The van der Waals surface area contributed by atoms with E-state index in [1.165, 1.54) is 12.2 Å². The lowest BCUT2D eigenvalue weighted by atomic mass is 9.78. The van der Waals surface area contributed by atoms with Crippen molar-refractivity contribution in [3.8, 4) is 0 Å². The Balaban J connectivity index is 2.39. The van der Waals surface area contributed by atoms with Crippen molar-refractivity contribution in [1.29, 1.82) is 0 Å². The molecule has 1 rings (SSSR count). The first-order chi connectivity index (χ1) is 9.47. The maximum Gasteiger partial charge on any atom is 0.330 e. The van der Waals surface area contributed by atoms with Crippen molar-refractivity contribution < 1.29 is 19.1 Å². The summed E-state index contributed by atoms with van der Waals surface area (Å²) < 4.78 is 10.5. The van der Waals surface area contributed by atoms with Gasteiger partial charge in [-0.25, -0.2) is 9.59 Å². The number of hydrogen-bond acceptors (Lipinski definition) is 4. The van der Waals surface area contributed by atoms with Crippen LogP contribution in [0.25, 0.3) is 0 Å². The average Bonchev–Trinajstić information content (AvgIpc) is 2.46. The number of rotatable bonds is 6. The van der Waals surface area contributed by atoms with Crippen LogP contribution in [0.2, 0.25) is 0 Å². The van der Waals surface area contributed by atoms with Crippen LogP contribution in [0.15, 0.2) is 25.3 Å². The Morgan fingerprint density at radius 2 is 1.20 bits per heavy atom. The van der Waals surface area contributed by atoms with Gasteiger partial charge in [0, 0.05) is 12.2 Å². The molecule has 112 valence electrons. The monoisotopic (exact) mass is 280 g/mol. The molecule has 4 nitrogen and oxygen atoms in total. The minimum absolute atomic E-state index is 0.0903. The molecule has 20 heavy (non-hydrogen) atoms. The summed E-state index contributed by atoms with van der Waals surface area (Å²) in [5.41, 5.74) is 0. The van der Waals surface area contributed by atoms with Crippen molar-refractivity contribution in [1.82, 2.24) is 0 Å². The Morgan fingerprint density at radius 1 is 0.900 bits per heavy atom. The smallest absolute Gasteiger partial charge is 0.330 e. The number of carbonyl (C=O) groups is 2. The molecule has 0 saturated heterocycles. The van der Waals surface area contributed by atoms with Crippen molar-refractivity contribution in [3.05, 3.63) is 25.3 Å².